The third-order valence-electron chi connectivity index (χ3n) is 2.74. The van der Waals surface area contributed by atoms with Gasteiger partial charge in [0.05, 0.1) is 0 Å². The summed E-state index contributed by atoms with van der Waals surface area (Å²) in [6.45, 7) is 3.85. The quantitative estimate of drug-likeness (QED) is 0.796. The topological polar surface area (TPSA) is 58.6 Å². The van der Waals surface area contributed by atoms with E-state index in [9.17, 15) is 4.79 Å². The smallest absolute Gasteiger partial charge is 0.344 e. The van der Waals surface area contributed by atoms with Crippen LogP contribution in [0.2, 0.25) is 0 Å². The average molecular weight is 237 g/mol. The Morgan fingerprint density at radius 3 is 2.41 bits per heavy atom. The van der Waals surface area contributed by atoms with Gasteiger partial charge in [0, 0.05) is 6.04 Å². The molecular formula is C13H19NO3. The van der Waals surface area contributed by atoms with Gasteiger partial charge in [-0.1, -0.05) is 19.1 Å². The SMILES string of the molecule is CCC(Oc1ccc(C(C)NC)cc1)C(=O)O. The number of carboxylic acid groups (broad SMARTS) is 1. The lowest BCUT2D eigenvalue weighted by Crippen LogP contribution is -2.25. The number of carbonyl (C=O) groups is 1. The molecule has 0 amide bonds. The molecular weight excluding hydrogens is 218 g/mol. The standard InChI is InChI=1S/C13H19NO3/c1-4-12(13(15)16)17-11-7-5-10(6-8-11)9(2)14-3/h5-9,12,14H,4H2,1-3H3,(H,15,16). The summed E-state index contributed by atoms with van der Waals surface area (Å²) in [7, 11) is 1.90. The molecule has 2 unspecified atom stereocenters. The predicted molar refractivity (Wildman–Crippen MR) is 66.3 cm³/mol. The zero-order chi connectivity index (χ0) is 12.8. The van der Waals surface area contributed by atoms with Crippen LogP contribution in [0.5, 0.6) is 5.75 Å². The van der Waals surface area contributed by atoms with Crippen molar-refractivity contribution in [1.82, 2.24) is 5.32 Å². The van der Waals surface area contributed by atoms with E-state index in [1.165, 1.54) is 0 Å². The van der Waals surface area contributed by atoms with Gasteiger partial charge in [0.25, 0.3) is 0 Å². The molecule has 94 valence electrons. The van der Waals surface area contributed by atoms with Crippen LogP contribution in [0.4, 0.5) is 0 Å². The first-order valence-corrected chi connectivity index (χ1v) is 5.75. The van der Waals surface area contributed by atoms with Crippen molar-refractivity contribution in [2.75, 3.05) is 7.05 Å². The van der Waals surface area contributed by atoms with E-state index in [2.05, 4.69) is 12.2 Å². The molecule has 0 aliphatic rings. The van der Waals surface area contributed by atoms with Gasteiger partial charge in [0.2, 0.25) is 0 Å². The van der Waals surface area contributed by atoms with Crippen LogP contribution >= 0.6 is 0 Å². The fourth-order valence-corrected chi connectivity index (χ4v) is 1.47. The first kappa shape index (κ1) is 13.5. The van der Waals surface area contributed by atoms with E-state index < -0.39 is 12.1 Å². The van der Waals surface area contributed by atoms with Gasteiger partial charge in [0.1, 0.15) is 5.75 Å². The molecule has 4 heteroatoms. The minimum absolute atomic E-state index is 0.269. The summed E-state index contributed by atoms with van der Waals surface area (Å²) < 4.78 is 5.37. The zero-order valence-electron chi connectivity index (χ0n) is 10.4. The normalized spacial score (nSPS) is 14.1. The average Bonchev–Trinajstić information content (AvgIpc) is 2.35. The van der Waals surface area contributed by atoms with Gasteiger partial charge in [-0.2, -0.15) is 0 Å². The van der Waals surface area contributed by atoms with Crippen LogP contribution in [0.15, 0.2) is 24.3 Å². The maximum absolute atomic E-state index is 10.8. The van der Waals surface area contributed by atoms with Gasteiger partial charge >= 0.3 is 5.97 Å². The molecule has 1 aromatic rings. The molecule has 0 aliphatic carbocycles. The molecule has 0 aliphatic heterocycles. The van der Waals surface area contributed by atoms with Crippen molar-refractivity contribution < 1.29 is 14.6 Å². The highest BCUT2D eigenvalue weighted by atomic mass is 16.5. The molecule has 1 aromatic carbocycles. The summed E-state index contributed by atoms with van der Waals surface area (Å²) in [6.07, 6.45) is -0.327. The second-order valence-electron chi connectivity index (χ2n) is 3.93. The fraction of sp³-hybridized carbons (Fsp3) is 0.462. The summed E-state index contributed by atoms with van der Waals surface area (Å²) >= 11 is 0. The molecule has 1 rings (SSSR count). The van der Waals surface area contributed by atoms with E-state index in [0.29, 0.717) is 12.2 Å². The van der Waals surface area contributed by atoms with Crippen molar-refractivity contribution in [3.63, 3.8) is 0 Å². The Balaban J connectivity index is 2.71. The van der Waals surface area contributed by atoms with E-state index in [-0.39, 0.29) is 6.04 Å². The second kappa shape index (κ2) is 6.25. The van der Waals surface area contributed by atoms with E-state index in [4.69, 9.17) is 9.84 Å². The van der Waals surface area contributed by atoms with Crippen LogP contribution in [0.3, 0.4) is 0 Å². The highest BCUT2D eigenvalue weighted by molar-refractivity contribution is 5.72. The lowest BCUT2D eigenvalue weighted by Gasteiger charge is -2.15. The van der Waals surface area contributed by atoms with Gasteiger partial charge < -0.3 is 15.2 Å². The minimum Gasteiger partial charge on any atom is -0.479 e. The van der Waals surface area contributed by atoms with Crippen LogP contribution in [0.1, 0.15) is 31.9 Å². The number of rotatable bonds is 6. The van der Waals surface area contributed by atoms with E-state index in [1.54, 1.807) is 19.1 Å². The zero-order valence-corrected chi connectivity index (χ0v) is 10.4. The second-order valence-corrected chi connectivity index (χ2v) is 3.93. The molecule has 0 saturated carbocycles. The fourth-order valence-electron chi connectivity index (χ4n) is 1.47. The van der Waals surface area contributed by atoms with E-state index in [0.717, 1.165) is 5.56 Å². The Labute approximate surface area is 102 Å². The first-order valence-electron chi connectivity index (χ1n) is 5.75. The van der Waals surface area contributed by atoms with Crippen LogP contribution in [-0.4, -0.2) is 24.2 Å². The van der Waals surface area contributed by atoms with Crippen LogP contribution < -0.4 is 10.1 Å². The van der Waals surface area contributed by atoms with E-state index in [1.807, 2.05) is 19.2 Å². The molecule has 17 heavy (non-hydrogen) atoms. The largest absolute Gasteiger partial charge is 0.479 e. The maximum atomic E-state index is 10.8. The highest BCUT2D eigenvalue weighted by Gasteiger charge is 2.16. The molecule has 0 aromatic heterocycles. The monoisotopic (exact) mass is 237 g/mol. The molecule has 2 atom stereocenters. The van der Waals surface area contributed by atoms with Crippen molar-refractivity contribution in [1.29, 1.82) is 0 Å². The number of hydrogen-bond acceptors (Lipinski definition) is 3. The van der Waals surface area contributed by atoms with Crippen molar-refractivity contribution in [2.24, 2.45) is 0 Å². The van der Waals surface area contributed by atoms with Crippen LogP contribution in [-0.2, 0) is 4.79 Å². The Bertz CT molecular complexity index is 361. The van der Waals surface area contributed by atoms with Crippen molar-refractivity contribution in [3.8, 4) is 5.75 Å². The van der Waals surface area contributed by atoms with E-state index >= 15 is 0 Å². The third kappa shape index (κ3) is 3.75. The molecule has 4 nitrogen and oxygen atoms in total. The van der Waals surface area contributed by atoms with Gasteiger partial charge in [-0.3, -0.25) is 0 Å². The summed E-state index contributed by atoms with van der Waals surface area (Å²) in [4.78, 5) is 10.8. The Morgan fingerprint density at radius 1 is 1.41 bits per heavy atom. The lowest BCUT2D eigenvalue weighted by atomic mass is 10.1. The summed E-state index contributed by atoms with van der Waals surface area (Å²) in [6, 6.07) is 7.74. The minimum atomic E-state index is -0.930. The first-order chi connectivity index (χ1) is 8.08. The number of aliphatic carboxylic acids is 1. The van der Waals surface area contributed by atoms with Gasteiger partial charge in [-0.05, 0) is 38.1 Å². The number of hydrogen-bond donors (Lipinski definition) is 2. The number of carboxylic acids is 1. The molecule has 0 bridgehead atoms. The lowest BCUT2D eigenvalue weighted by molar-refractivity contribution is -0.145. The molecule has 0 fully saturated rings. The Kier molecular flexibility index (Phi) is 4.97. The molecule has 0 saturated heterocycles. The number of ether oxygens (including phenoxy) is 1. The third-order valence-corrected chi connectivity index (χ3v) is 2.74. The molecule has 0 spiro atoms. The number of benzene rings is 1. The summed E-state index contributed by atoms with van der Waals surface area (Å²) in [5.74, 6) is -0.341. The van der Waals surface area contributed by atoms with Gasteiger partial charge in [0.15, 0.2) is 6.10 Å². The van der Waals surface area contributed by atoms with Crippen LogP contribution in [0, 0.1) is 0 Å². The summed E-state index contributed by atoms with van der Waals surface area (Å²) in [5.41, 5.74) is 1.14. The Hall–Kier alpha value is -1.55. The maximum Gasteiger partial charge on any atom is 0.344 e. The highest BCUT2D eigenvalue weighted by Crippen LogP contribution is 2.18. The predicted octanol–water partition coefficient (Wildman–Crippen LogP) is 2.21. The molecule has 2 N–H and O–H groups in total. The van der Waals surface area contributed by atoms with Gasteiger partial charge in [-0.15, -0.1) is 0 Å². The van der Waals surface area contributed by atoms with Crippen LogP contribution in [0.25, 0.3) is 0 Å². The van der Waals surface area contributed by atoms with Gasteiger partial charge in [-0.25, -0.2) is 4.79 Å². The molecule has 0 radical (unpaired) electrons. The van der Waals surface area contributed by atoms with Crippen molar-refractivity contribution in [3.05, 3.63) is 29.8 Å². The Morgan fingerprint density at radius 2 is 2.00 bits per heavy atom. The van der Waals surface area contributed by atoms with Crippen molar-refractivity contribution in [2.45, 2.75) is 32.4 Å². The number of nitrogens with one attached hydrogen (secondary N) is 1. The molecule has 0 heterocycles. The van der Waals surface area contributed by atoms with Crippen molar-refractivity contribution >= 4 is 5.97 Å². The summed E-state index contributed by atoms with van der Waals surface area (Å²) in [5, 5.41) is 12.0.